The fourth-order valence-corrected chi connectivity index (χ4v) is 4.89. The first-order valence-corrected chi connectivity index (χ1v) is 9.33. The molecule has 3 aliphatic heterocycles. The molecule has 8 heteroatoms. The third-order valence-corrected chi connectivity index (χ3v) is 6.15. The maximum atomic E-state index is 14.0. The Bertz CT molecular complexity index is 842. The minimum Gasteiger partial charge on any atom is -0.387 e. The molecular formula is C19H23FN3O4+. The number of rotatable bonds is 4. The van der Waals surface area contributed by atoms with Crippen molar-refractivity contribution in [1.29, 1.82) is 0 Å². The Morgan fingerprint density at radius 3 is 2.74 bits per heavy atom. The van der Waals surface area contributed by atoms with Crippen LogP contribution in [-0.2, 0) is 19.9 Å². The van der Waals surface area contributed by atoms with Crippen LogP contribution in [0.4, 0.5) is 10.1 Å². The fourth-order valence-electron chi connectivity index (χ4n) is 4.89. The molecule has 0 bridgehead atoms. The number of carbonyl (C=O) groups is 3. The third kappa shape index (κ3) is 2.29. The van der Waals surface area contributed by atoms with Gasteiger partial charge in [-0.15, -0.1) is 0 Å². The number of unbranched alkanes of at least 4 members (excludes halogenated alkanes) is 1. The van der Waals surface area contributed by atoms with E-state index >= 15 is 0 Å². The molecule has 7 nitrogen and oxygen atoms in total. The Hall–Kier alpha value is -2.32. The van der Waals surface area contributed by atoms with E-state index in [0.29, 0.717) is 24.2 Å². The van der Waals surface area contributed by atoms with E-state index in [-0.39, 0.29) is 5.91 Å². The zero-order valence-corrected chi connectivity index (χ0v) is 15.2. The molecule has 27 heavy (non-hydrogen) atoms. The summed E-state index contributed by atoms with van der Waals surface area (Å²) >= 11 is 0. The summed E-state index contributed by atoms with van der Waals surface area (Å²) < 4.78 is 14.0. The Labute approximate surface area is 155 Å². The second-order valence-electron chi connectivity index (χ2n) is 7.68. The number of nitrogens with zero attached hydrogens (tertiary/aromatic N) is 1. The van der Waals surface area contributed by atoms with Crippen LogP contribution in [0.15, 0.2) is 18.2 Å². The summed E-state index contributed by atoms with van der Waals surface area (Å²) in [6, 6.07) is 3.30. The summed E-state index contributed by atoms with van der Waals surface area (Å²) in [7, 11) is 0. The molecule has 4 N–H and O–H groups in total. The van der Waals surface area contributed by atoms with Crippen LogP contribution in [-0.4, -0.2) is 46.4 Å². The number of nitrogens with two attached hydrogens (primary N) is 1. The van der Waals surface area contributed by atoms with Gasteiger partial charge in [0, 0.05) is 12.1 Å². The number of nitrogens with one attached hydrogen (secondary N) is 1. The van der Waals surface area contributed by atoms with Crippen LogP contribution in [0.5, 0.6) is 0 Å². The van der Waals surface area contributed by atoms with E-state index in [1.165, 1.54) is 23.1 Å². The first kappa shape index (κ1) is 18.1. The number of aliphatic hydroxyl groups is 1. The maximum absolute atomic E-state index is 14.0. The molecule has 1 aromatic rings. The number of fused-ring (bicyclic) bond motifs is 4. The Kier molecular flexibility index (Phi) is 4.08. The summed E-state index contributed by atoms with van der Waals surface area (Å²) in [6.45, 7) is 3.80. The topological polar surface area (TPSA) is 103 Å². The van der Waals surface area contributed by atoms with E-state index in [4.69, 9.17) is 0 Å². The van der Waals surface area contributed by atoms with Gasteiger partial charge in [-0.05, 0) is 31.5 Å². The molecule has 2 fully saturated rings. The predicted molar refractivity (Wildman–Crippen MR) is 92.7 cm³/mol. The normalized spacial score (nSPS) is 32.8. The standard InChI is InChI=1S/C19H22FN3O4/c1-3-4-7-23-16(25)13-14(17(23)26)19(22-15(13)9(2)24)11-8-10(20)5-6-12(11)21-18(19)27/h5-6,8-9,13-15,22,24H,3-4,7H2,1-2H3,(H,21,27)/p+1/t9-,13+,14+,15-,19+/m1/s1. The first-order chi connectivity index (χ1) is 12.8. The second kappa shape index (κ2) is 6.10. The van der Waals surface area contributed by atoms with E-state index in [0.717, 1.165) is 6.42 Å². The highest BCUT2D eigenvalue weighted by atomic mass is 19.1. The van der Waals surface area contributed by atoms with Gasteiger partial charge >= 0.3 is 0 Å². The SMILES string of the molecule is CCCCN1C(=O)[C@@H]2[C@@H]([C@@H](C)O)[NH2+][C@]3(C(=O)Nc4ccc(F)cc43)[C@@H]2C1=O. The zero-order valence-electron chi connectivity index (χ0n) is 15.2. The number of amides is 3. The summed E-state index contributed by atoms with van der Waals surface area (Å²) in [5, 5.41) is 14.6. The zero-order chi connectivity index (χ0) is 19.5. The van der Waals surface area contributed by atoms with Crippen molar-refractivity contribution in [2.75, 3.05) is 11.9 Å². The molecule has 3 amide bonds. The van der Waals surface area contributed by atoms with E-state index in [9.17, 15) is 23.9 Å². The van der Waals surface area contributed by atoms with Gasteiger partial charge in [-0.3, -0.25) is 19.3 Å². The molecular weight excluding hydrogens is 353 g/mol. The molecule has 3 heterocycles. The molecule has 0 aromatic heterocycles. The van der Waals surface area contributed by atoms with Gasteiger partial charge in [0.2, 0.25) is 17.4 Å². The number of benzene rings is 1. The Morgan fingerprint density at radius 1 is 1.33 bits per heavy atom. The molecule has 5 atom stereocenters. The third-order valence-electron chi connectivity index (χ3n) is 6.15. The number of hydrogen-bond acceptors (Lipinski definition) is 4. The molecule has 0 aliphatic carbocycles. The summed E-state index contributed by atoms with van der Waals surface area (Å²) in [5.74, 6) is -3.49. The maximum Gasteiger partial charge on any atom is 0.291 e. The quantitative estimate of drug-likeness (QED) is 0.628. The van der Waals surface area contributed by atoms with Crippen LogP contribution in [0, 0.1) is 17.7 Å². The number of anilines is 1. The van der Waals surface area contributed by atoms with E-state index in [2.05, 4.69) is 5.32 Å². The first-order valence-electron chi connectivity index (χ1n) is 9.33. The van der Waals surface area contributed by atoms with E-state index < -0.39 is 47.2 Å². The van der Waals surface area contributed by atoms with Gasteiger partial charge in [0.15, 0.2) is 0 Å². The molecule has 0 unspecified atom stereocenters. The highest BCUT2D eigenvalue weighted by Crippen LogP contribution is 2.49. The molecule has 4 rings (SSSR count). The molecule has 1 aromatic carbocycles. The van der Waals surface area contributed by atoms with Gasteiger partial charge < -0.3 is 15.7 Å². The smallest absolute Gasteiger partial charge is 0.291 e. The fraction of sp³-hybridized carbons (Fsp3) is 0.526. The lowest BCUT2D eigenvalue weighted by atomic mass is 9.76. The molecule has 0 radical (unpaired) electrons. The summed E-state index contributed by atoms with van der Waals surface area (Å²) in [4.78, 5) is 40.5. The minimum atomic E-state index is -1.43. The second-order valence-corrected chi connectivity index (χ2v) is 7.68. The van der Waals surface area contributed by atoms with Crippen molar-refractivity contribution in [2.24, 2.45) is 11.8 Å². The van der Waals surface area contributed by atoms with Crippen LogP contribution >= 0.6 is 0 Å². The molecule has 1 spiro atoms. The number of imide groups is 1. The van der Waals surface area contributed by atoms with Crippen molar-refractivity contribution >= 4 is 23.4 Å². The van der Waals surface area contributed by atoms with Crippen LogP contribution in [0.25, 0.3) is 0 Å². The molecule has 144 valence electrons. The summed E-state index contributed by atoms with van der Waals surface area (Å²) in [5.41, 5.74) is -0.628. The van der Waals surface area contributed by atoms with Crippen LogP contribution < -0.4 is 10.6 Å². The number of aliphatic hydroxyl groups excluding tert-OH is 1. The summed E-state index contributed by atoms with van der Waals surface area (Å²) in [6.07, 6.45) is 0.577. The van der Waals surface area contributed by atoms with Crippen LogP contribution in [0.2, 0.25) is 0 Å². The van der Waals surface area contributed by atoms with E-state index in [1.807, 2.05) is 6.92 Å². The van der Waals surface area contributed by atoms with Gasteiger partial charge in [-0.2, -0.15) is 0 Å². The van der Waals surface area contributed by atoms with Gasteiger partial charge in [0.1, 0.15) is 29.8 Å². The number of halogens is 1. The van der Waals surface area contributed by atoms with Crippen molar-refractivity contribution in [1.82, 2.24) is 4.90 Å². The van der Waals surface area contributed by atoms with Gasteiger partial charge in [-0.1, -0.05) is 13.3 Å². The number of carbonyl (C=O) groups excluding carboxylic acids is 3. The predicted octanol–water partition coefficient (Wildman–Crippen LogP) is -0.299. The van der Waals surface area contributed by atoms with Crippen molar-refractivity contribution < 1.29 is 29.2 Å². The van der Waals surface area contributed by atoms with Crippen molar-refractivity contribution in [3.05, 3.63) is 29.6 Å². The van der Waals surface area contributed by atoms with Gasteiger partial charge in [-0.25, -0.2) is 4.39 Å². The number of hydrogen-bond donors (Lipinski definition) is 3. The average molecular weight is 376 g/mol. The van der Waals surface area contributed by atoms with Crippen LogP contribution in [0.1, 0.15) is 32.3 Å². The Morgan fingerprint density at radius 2 is 2.07 bits per heavy atom. The van der Waals surface area contributed by atoms with Gasteiger partial charge in [0.25, 0.3) is 5.91 Å². The number of likely N-dealkylation sites (tertiary alicyclic amines) is 1. The average Bonchev–Trinajstić information content (AvgIpc) is 3.20. The van der Waals surface area contributed by atoms with Crippen LogP contribution in [0.3, 0.4) is 0 Å². The molecule has 3 aliphatic rings. The minimum absolute atomic E-state index is 0.293. The van der Waals surface area contributed by atoms with Gasteiger partial charge in [0.05, 0.1) is 5.69 Å². The highest BCUT2D eigenvalue weighted by molar-refractivity contribution is 6.13. The van der Waals surface area contributed by atoms with Crippen molar-refractivity contribution in [3.63, 3.8) is 0 Å². The number of quaternary nitrogens is 1. The van der Waals surface area contributed by atoms with E-state index in [1.54, 1.807) is 12.2 Å². The lowest BCUT2D eigenvalue weighted by Crippen LogP contribution is -3.00. The monoisotopic (exact) mass is 376 g/mol. The molecule has 0 saturated carbocycles. The largest absolute Gasteiger partial charge is 0.387 e. The highest BCUT2D eigenvalue weighted by Gasteiger charge is 2.74. The lowest BCUT2D eigenvalue weighted by molar-refractivity contribution is -0.738. The Balaban J connectivity index is 1.86. The molecule has 2 saturated heterocycles. The lowest BCUT2D eigenvalue weighted by Gasteiger charge is -2.27. The van der Waals surface area contributed by atoms with Crippen molar-refractivity contribution in [2.45, 2.75) is 44.4 Å². The van der Waals surface area contributed by atoms with Crippen molar-refractivity contribution in [3.8, 4) is 0 Å².